The molecule has 2 rings (SSSR count). The highest BCUT2D eigenvalue weighted by atomic mass is 35.5. The molecule has 0 saturated heterocycles. The lowest BCUT2D eigenvalue weighted by molar-refractivity contribution is -0.119. The van der Waals surface area contributed by atoms with Crippen LogP contribution in [-0.4, -0.2) is 36.5 Å². The summed E-state index contributed by atoms with van der Waals surface area (Å²) in [7, 11) is 1.26. The lowest BCUT2D eigenvalue weighted by Gasteiger charge is -2.09. The Labute approximate surface area is 159 Å². The van der Waals surface area contributed by atoms with Gasteiger partial charge in [-0.1, -0.05) is 23.2 Å². The molecule has 1 aromatic heterocycles. The zero-order chi connectivity index (χ0) is 19.3. The lowest BCUT2D eigenvalue weighted by atomic mass is 10.1. The van der Waals surface area contributed by atoms with Gasteiger partial charge in [-0.3, -0.25) is 4.79 Å². The number of anilines is 1. The molecule has 1 aromatic carbocycles. The van der Waals surface area contributed by atoms with Crippen molar-refractivity contribution < 1.29 is 23.9 Å². The van der Waals surface area contributed by atoms with Crippen molar-refractivity contribution in [3.8, 4) is 0 Å². The molecule has 9 heteroatoms. The van der Waals surface area contributed by atoms with E-state index in [2.05, 4.69) is 15.0 Å². The number of halogens is 2. The Morgan fingerprint density at radius 1 is 1.04 bits per heavy atom. The van der Waals surface area contributed by atoms with Gasteiger partial charge in [-0.25, -0.2) is 14.6 Å². The molecule has 0 aliphatic rings. The first-order valence-corrected chi connectivity index (χ1v) is 8.05. The second-order valence-electron chi connectivity index (χ2n) is 5.08. The third-order valence-corrected chi connectivity index (χ3v) is 3.91. The Morgan fingerprint density at radius 3 is 2.19 bits per heavy atom. The standard InChI is InChI=1S/C17H14Cl2N2O5/c1-9-12(18)7-13(19)15(20-9)21-14(22)8-26-17(24)11-5-3-10(4-6-11)16(23)25-2/h3-7H,8H2,1-2H3,(H,20,21,22). The number of hydrogen-bond donors (Lipinski definition) is 1. The first-order chi connectivity index (χ1) is 12.3. The molecular formula is C17H14Cl2N2O5. The Balaban J connectivity index is 1.93. The molecule has 136 valence electrons. The average Bonchev–Trinajstić information content (AvgIpc) is 2.63. The monoisotopic (exact) mass is 396 g/mol. The van der Waals surface area contributed by atoms with Crippen LogP contribution in [0.3, 0.4) is 0 Å². The van der Waals surface area contributed by atoms with Crippen LogP contribution in [0.4, 0.5) is 5.82 Å². The molecule has 0 unspecified atom stereocenters. The molecule has 0 atom stereocenters. The smallest absolute Gasteiger partial charge is 0.338 e. The number of nitrogens with zero attached hydrogens (tertiary/aromatic N) is 1. The van der Waals surface area contributed by atoms with Crippen LogP contribution in [0.5, 0.6) is 0 Å². The number of aryl methyl sites for hydroxylation is 1. The third kappa shape index (κ3) is 4.93. The summed E-state index contributed by atoms with van der Waals surface area (Å²) in [6, 6.07) is 7.09. The van der Waals surface area contributed by atoms with E-state index in [0.29, 0.717) is 16.3 Å². The molecule has 1 N–H and O–H groups in total. The van der Waals surface area contributed by atoms with Crippen molar-refractivity contribution in [1.82, 2.24) is 4.98 Å². The second-order valence-corrected chi connectivity index (χ2v) is 5.89. The molecule has 0 saturated carbocycles. The summed E-state index contributed by atoms with van der Waals surface area (Å²) in [5.41, 5.74) is 0.971. The van der Waals surface area contributed by atoms with Crippen molar-refractivity contribution in [1.29, 1.82) is 0 Å². The zero-order valence-electron chi connectivity index (χ0n) is 13.8. The van der Waals surface area contributed by atoms with Crippen molar-refractivity contribution in [2.75, 3.05) is 19.0 Å². The zero-order valence-corrected chi connectivity index (χ0v) is 15.4. The van der Waals surface area contributed by atoms with Crippen molar-refractivity contribution >= 4 is 46.9 Å². The Kier molecular flexibility index (Phi) is 6.54. The second kappa shape index (κ2) is 8.64. The Bertz CT molecular complexity index is 853. The van der Waals surface area contributed by atoms with Crippen molar-refractivity contribution in [2.45, 2.75) is 6.92 Å². The highest BCUT2D eigenvalue weighted by Gasteiger charge is 2.14. The number of amides is 1. The minimum Gasteiger partial charge on any atom is -0.465 e. The molecule has 0 fully saturated rings. The summed E-state index contributed by atoms with van der Waals surface area (Å²) in [5, 5.41) is 2.97. The van der Waals surface area contributed by atoms with Crippen LogP contribution in [-0.2, 0) is 14.3 Å². The summed E-state index contributed by atoms with van der Waals surface area (Å²) in [6.07, 6.45) is 0. The predicted octanol–water partition coefficient (Wildman–Crippen LogP) is 3.28. The number of carbonyl (C=O) groups is 3. The fourth-order valence-corrected chi connectivity index (χ4v) is 2.29. The van der Waals surface area contributed by atoms with Crippen LogP contribution in [0.15, 0.2) is 30.3 Å². The summed E-state index contributed by atoms with van der Waals surface area (Å²) in [4.78, 5) is 39.2. The number of nitrogens with one attached hydrogen (secondary N) is 1. The van der Waals surface area contributed by atoms with E-state index in [0.717, 1.165) is 0 Å². The Morgan fingerprint density at radius 2 is 1.62 bits per heavy atom. The van der Waals surface area contributed by atoms with Gasteiger partial charge in [0.25, 0.3) is 5.91 Å². The van der Waals surface area contributed by atoms with Gasteiger partial charge in [-0.05, 0) is 37.3 Å². The minimum absolute atomic E-state index is 0.122. The van der Waals surface area contributed by atoms with Crippen molar-refractivity contribution in [2.24, 2.45) is 0 Å². The number of methoxy groups -OCH3 is 1. The van der Waals surface area contributed by atoms with Crippen LogP contribution in [0, 0.1) is 6.92 Å². The van der Waals surface area contributed by atoms with Crippen LogP contribution >= 0.6 is 23.2 Å². The number of benzene rings is 1. The van der Waals surface area contributed by atoms with Crippen LogP contribution < -0.4 is 5.32 Å². The van der Waals surface area contributed by atoms with Gasteiger partial charge in [0.15, 0.2) is 12.4 Å². The third-order valence-electron chi connectivity index (χ3n) is 3.24. The number of ether oxygens (including phenoxy) is 2. The van der Waals surface area contributed by atoms with E-state index in [1.165, 1.54) is 37.4 Å². The Hall–Kier alpha value is -2.64. The number of hydrogen-bond acceptors (Lipinski definition) is 6. The maximum absolute atomic E-state index is 11.9. The maximum atomic E-state index is 11.9. The molecule has 0 bridgehead atoms. The van der Waals surface area contributed by atoms with Crippen LogP contribution in [0.25, 0.3) is 0 Å². The number of esters is 2. The van der Waals surface area contributed by atoms with Crippen molar-refractivity contribution in [3.05, 3.63) is 57.2 Å². The topological polar surface area (TPSA) is 94.6 Å². The summed E-state index contributed by atoms with van der Waals surface area (Å²) < 4.78 is 9.48. The van der Waals surface area contributed by atoms with E-state index in [9.17, 15) is 14.4 Å². The highest BCUT2D eigenvalue weighted by molar-refractivity contribution is 6.36. The van der Waals surface area contributed by atoms with Gasteiger partial charge in [-0.2, -0.15) is 0 Å². The molecule has 2 aromatic rings. The number of aromatic nitrogens is 1. The van der Waals surface area contributed by atoms with E-state index in [1.54, 1.807) is 6.92 Å². The van der Waals surface area contributed by atoms with Crippen molar-refractivity contribution in [3.63, 3.8) is 0 Å². The summed E-state index contributed by atoms with van der Waals surface area (Å²) >= 11 is 11.8. The minimum atomic E-state index is -0.720. The van der Waals surface area contributed by atoms with Gasteiger partial charge in [0.05, 0.1) is 34.0 Å². The summed E-state index contributed by atoms with van der Waals surface area (Å²) in [6.45, 7) is 1.13. The van der Waals surface area contributed by atoms with Gasteiger partial charge in [0.2, 0.25) is 0 Å². The van der Waals surface area contributed by atoms with E-state index < -0.39 is 24.5 Å². The lowest BCUT2D eigenvalue weighted by Crippen LogP contribution is -2.21. The molecule has 0 radical (unpaired) electrons. The first kappa shape index (κ1) is 19.7. The fourth-order valence-electron chi connectivity index (χ4n) is 1.89. The number of rotatable bonds is 5. The summed E-state index contributed by atoms with van der Waals surface area (Å²) in [5.74, 6) is -1.73. The van der Waals surface area contributed by atoms with Crippen LogP contribution in [0.2, 0.25) is 10.0 Å². The van der Waals surface area contributed by atoms with Crippen LogP contribution in [0.1, 0.15) is 26.4 Å². The number of carbonyl (C=O) groups excluding carboxylic acids is 3. The SMILES string of the molecule is COC(=O)c1ccc(C(=O)OCC(=O)Nc2nc(C)c(Cl)cc2Cl)cc1. The van der Waals surface area contributed by atoms with Gasteiger partial charge in [0, 0.05) is 0 Å². The molecule has 0 spiro atoms. The quantitative estimate of drug-likeness (QED) is 0.779. The molecule has 7 nitrogen and oxygen atoms in total. The normalized spacial score (nSPS) is 10.2. The predicted molar refractivity (Wildman–Crippen MR) is 95.7 cm³/mol. The molecule has 0 aliphatic heterocycles. The average molecular weight is 397 g/mol. The van der Waals surface area contributed by atoms with E-state index >= 15 is 0 Å². The largest absolute Gasteiger partial charge is 0.465 e. The van der Waals surface area contributed by atoms with E-state index in [-0.39, 0.29) is 16.4 Å². The van der Waals surface area contributed by atoms with E-state index in [4.69, 9.17) is 27.9 Å². The fraction of sp³-hybridized carbons (Fsp3) is 0.176. The highest BCUT2D eigenvalue weighted by Crippen LogP contribution is 2.25. The number of pyridine rings is 1. The molecule has 0 aliphatic carbocycles. The molecule has 1 amide bonds. The molecule has 1 heterocycles. The van der Waals surface area contributed by atoms with Gasteiger partial charge in [0.1, 0.15) is 0 Å². The molecule has 26 heavy (non-hydrogen) atoms. The molecular weight excluding hydrogens is 383 g/mol. The first-order valence-electron chi connectivity index (χ1n) is 7.29. The van der Waals surface area contributed by atoms with Gasteiger partial charge < -0.3 is 14.8 Å². The van der Waals surface area contributed by atoms with Gasteiger partial charge in [-0.15, -0.1) is 0 Å². The van der Waals surface area contributed by atoms with E-state index in [1.807, 2.05) is 0 Å². The van der Waals surface area contributed by atoms with Gasteiger partial charge >= 0.3 is 11.9 Å². The maximum Gasteiger partial charge on any atom is 0.338 e.